The molecule has 2 aliphatic rings. The highest BCUT2D eigenvalue weighted by Gasteiger charge is 2.28. The van der Waals surface area contributed by atoms with Gasteiger partial charge in [-0.25, -0.2) is 8.42 Å². The molecule has 9 heteroatoms. The number of carbonyl (C=O) groups is 1. The molecular weight excluding hydrogens is 396 g/mol. The van der Waals surface area contributed by atoms with E-state index in [0.29, 0.717) is 47.2 Å². The average molecular weight is 425 g/mol. The number of sulfonamides is 1. The van der Waals surface area contributed by atoms with Gasteiger partial charge in [0.1, 0.15) is 0 Å². The summed E-state index contributed by atoms with van der Waals surface area (Å²) < 4.78 is 25.0. The minimum Gasteiger partial charge on any atom is -0.358 e. The van der Waals surface area contributed by atoms with E-state index in [9.17, 15) is 13.2 Å². The SMILES string of the molecule is C[C@H]1[C@@H](NC(=S)NNC(=O)c2ccc3c(c2)CCN3S(C)(=O)=O)CCC[C@@H]1C. The molecule has 0 bridgehead atoms. The highest BCUT2D eigenvalue weighted by atomic mass is 32.2. The van der Waals surface area contributed by atoms with Crippen LogP contribution in [0.2, 0.25) is 0 Å². The fourth-order valence-electron chi connectivity index (χ4n) is 4.03. The predicted octanol–water partition coefficient (Wildman–Crippen LogP) is 1.94. The van der Waals surface area contributed by atoms with Gasteiger partial charge in [-0.05, 0) is 60.7 Å². The van der Waals surface area contributed by atoms with Crippen molar-refractivity contribution in [1.82, 2.24) is 16.2 Å². The monoisotopic (exact) mass is 424 g/mol. The van der Waals surface area contributed by atoms with Gasteiger partial charge in [0.15, 0.2) is 5.11 Å². The molecular formula is C19H28N4O3S2. The summed E-state index contributed by atoms with van der Waals surface area (Å²) in [5, 5.41) is 3.71. The molecule has 0 unspecified atom stereocenters. The summed E-state index contributed by atoms with van der Waals surface area (Å²) in [4.78, 5) is 12.4. The van der Waals surface area contributed by atoms with E-state index in [4.69, 9.17) is 12.2 Å². The number of carbonyl (C=O) groups excluding carboxylic acids is 1. The lowest BCUT2D eigenvalue weighted by Gasteiger charge is -2.35. The molecule has 0 saturated heterocycles. The van der Waals surface area contributed by atoms with Crippen molar-refractivity contribution in [2.24, 2.45) is 11.8 Å². The van der Waals surface area contributed by atoms with E-state index in [2.05, 4.69) is 30.0 Å². The molecule has 1 amide bonds. The molecule has 0 radical (unpaired) electrons. The van der Waals surface area contributed by atoms with Crippen LogP contribution in [-0.2, 0) is 16.4 Å². The Labute approximate surface area is 172 Å². The third-order valence-corrected chi connectivity index (χ3v) is 7.31. The average Bonchev–Trinajstić information content (AvgIpc) is 3.07. The second kappa shape index (κ2) is 8.24. The van der Waals surface area contributed by atoms with Crippen LogP contribution in [0.3, 0.4) is 0 Å². The van der Waals surface area contributed by atoms with Crippen molar-refractivity contribution < 1.29 is 13.2 Å². The molecule has 1 saturated carbocycles. The summed E-state index contributed by atoms with van der Waals surface area (Å²) in [6.07, 6.45) is 5.27. The van der Waals surface area contributed by atoms with E-state index in [1.807, 2.05) is 0 Å². The second-order valence-electron chi connectivity index (χ2n) is 7.86. The highest BCUT2D eigenvalue weighted by Crippen LogP contribution is 2.31. The van der Waals surface area contributed by atoms with Crippen LogP contribution in [0.15, 0.2) is 18.2 Å². The number of hydrogen-bond acceptors (Lipinski definition) is 4. The van der Waals surface area contributed by atoms with Crippen molar-refractivity contribution in [1.29, 1.82) is 0 Å². The topological polar surface area (TPSA) is 90.5 Å². The van der Waals surface area contributed by atoms with Crippen LogP contribution in [0.5, 0.6) is 0 Å². The summed E-state index contributed by atoms with van der Waals surface area (Å²) in [6.45, 7) is 4.89. The summed E-state index contributed by atoms with van der Waals surface area (Å²) in [5.74, 6) is 0.870. The van der Waals surface area contributed by atoms with Crippen molar-refractivity contribution >= 4 is 38.9 Å². The van der Waals surface area contributed by atoms with Gasteiger partial charge >= 0.3 is 0 Å². The largest absolute Gasteiger partial charge is 0.358 e. The number of amides is 1. The number of hydrogen-bond donors (Lipinski definition) is 3. The van der Waals surface area contributed by atoms with E-state index in [1.165, 1.54) is 23.4 Å². The van der Waals surface area contributed by atoms with Crippen LogP contribution >= 0.6 is 12.2 Å². The van der Waals surface area contributed by atoms with Gasteiger partial charge in [0.05, 0.1) is 11.9 Å². The van der Waals surface area contributed by atoms with Gasteiger partial charge in [-0.2, -0.15) is 0 Å². The Hall–Kier alpha value is -1.87. The zero-order valence-electron chi connectivity index (χ0n) is 16.5. The van der Waals surface area contributed by atoms with Gasteiger partial charge in [0.2, 0.25) is 10.0 Å². The van der Waals surface area contributed by atoms with Gasteiger partial charge in [-0.1, -0.05) is 26.7 Å². The van der Waals surface area contributed by atoms with E-state index in [1.54, 1.807) is 18.2 Å². The molecule has 1 aliphatic carbocycles. The quantitative estimate of drug-likeness (QED) is 0.508. The van der Waals surface area contributed by atoms with E-state index in [0.717, 1.165) is 12.0 Å². The zero-order chi connectivity index (χ0) is 20.5. The molecule has 1 aromatic rings. The van der Waals surface area contributed by atoms with Crippen LogP contribution in [0.4, 0.5) is 5.69 Å². The molecule has 7 nitrogen and oxygen atoms in total. The number of nitrogens with one attached hydrogen (secondary N) is 3. The van der Waals surface area contributed by atoms with Gasteiger partial charge in [0, 0.05) is 18.2 Å². The fraction of sp³-hybridized carbons (Fsp3) is 0.579. The third-order valence-electron chi connectivity index (χ3n) is 5.91. The number of benzene rings is 1. The molecule has 1 aromatic carbocycles. The number of hydrazine groups is 1. The van der Waals surface area contributed by atoms with Crippen LogP contribution < -0.4 is 20.5 Å². The number of nitrogens with zero attached hydrogens (tertiary/aromatic N) is 1. The van der Waals surface area contributed by atoms with Crippen LogP contribution in [-0.4, -0.2) is 38.3 Å². The normalized spacial score (nSPS) is 24.4. The van der Waals surface area contributed by atoms with Crippen molar-refractivity contribution in [3.63, 3.8) is 0 Å². The Bertz CT molecular complexity index is 872. The van der Waals surface area contributed by atoms with E-state index in [-0.39, 0.29) is 5.91 Å². The van der Waals surface area contributed by atoms with Crippen molar-refractivity contribution in [3.05, 3.63) is 29.3 Å². The smallest absolute Gasteiger partial charge is 0.269 e. The van der Waals surface area contributed by atoms with Gasteiger partial charge in [0.25, 0.3) is 5.91 Å². The van der Waals surface area contributed by atoms with Crippen LogP contribution in [0.25, 0.3) is 0 Å². The minimum absolute atomic E-state index is 0.308. The lowest BCUT2D eigenvalue weighted by molar-refractivity contribution is 0.0943. The minimum atomic E-state index is -3.30. The van der Waals surface area contributed by atoms with Gasteiger partial charge in [-0.15, -0.1) is 0 Å². The van der Waals surface area contributed by atoms with Crippen LogP contribution in [0.1, 0.15) is 49.0 Å². The Kier molecular flexibility index (Phi) is 6.14. The molecule has 0 spiro atoms. The Balaban J connectivity index is 1.56. The first-order chi connectivity index (χ1) is 13.2. The van der Waals surface area contributed by atoms with E-state index >= 15 is 0 Å². The van der Waals surface area contributed by atoms with Crippen molar-refractivity contribution in [3.8, 4) is 0 Å². The Morgan fingerprint density at radius 1 is 1.21 bits per heavy atom. The maximum absolute atomic E-state index is 12.4. The van der Waals surface area contributed by atoms with Gasteiger partial charge < -0.3 is 5.32 Å². The third kappa shape index (κ3) is 4.57. The number of thiocarbonyl (C=S) groups is 1. The fourth-order valence-corrected chi connectivity index (χ4v) is 5.19. The second-order valence-corrected chi connectivity index (χ2v) is 10.2. The lowest BCUT2D eigenvalue weighted by Crippen LogP contribution is -2.52. The summed E-state index contributed by atoms with van der Waals surface area (Å²) in [5.41, 5.74) is 7.36. The first-order valence-electron chi connectivity index (χ1n) is 9.64. The molecule has 0 aromatic heterocycles. The first kappa shape index (κ1) is 20.9. The van der Waals surface area contributed by atoms with Crippen LogP contribution in [0, 0.1) is 11.8 Å². The Morgan fingerprint density at radius 2 is 1.96 bits per heavy atom. The molecule has 154 valence electrons. The summed E-state index contributed by atoms with van der Waals surface area (Å²) in [6, 6.07) is 5.35. The van der Waals surface area contributed by atoms with Crippen molar-refractivity contribution in [2.45, 2.75) is 45.6 Å². The Morgan fingerprint density at radius 3 is 2.68 bits per heavy atom. The van der Waals surface area contributed by atoms with Gasteiger partial charge in [-0.3, -0.25) is 20.0 Å². The van der Waals surface area contributed by atoms with E-state index < -0.39 is 10.0 Å². The molecule has 28 heavy (non-hydrogen) atoms. The first-order valence-corrected chi connectivity index (χ1v) is 11.9. The number of anilines is 1. The molecule has 1 heterocycles. The van der Waals surface area contributed by atoms with Crippen molar-refractivity contribution in [2.75, 3.05) is 17.1 Å². The molecule has 3 rings (SSSR count). The molecule has 3 N–H and O–H groups in total. The highest BCUT2D eigenvalue weighted by molar-refractivity contribution is 7.92. The zero-order valence-corrected chi connectivity index (χ0v) is 18.1. The lowest BCUT2D eigenvalue weighted by atomic mass is 9.78. The molecule has 1 aliphatic heterocycles. The number of fused-ring (bicyclic) bond motifs is 1. The standard InChI is InChI=1S/C19H28N4O3S2/c1-12-5-4-6-16(13(12)2)20-19(27)22-21-18(24)15-7-8-17-14(11-15)9-10-23(17)28(3,25)26/h7-8,11-13,16H,4-6,9-10H2,1-3H3,(H,21,24)(H2,20,22,27)/t12-,13+,16-/m0/s1. The molecule has 1 fully saturated rings. The maximum Gasteiger partial charge on any atom is 0.269 e. The number of rotatable bonds is 3. The molecule has 3 atom stereocenters. The maximum atomic E-state index is 12.4. The summed E-state index contributed by atoms with van der Waals surface area (Å²) >= 11 is 5.32. The predicted molar refractivity (Wildman–Crippen MR) is 115 cm³/mol. The summed E-state index contributed by atoms with van der Waals surface area (Å²) in [7, 11) is -3.30.